The molecule has 6 heteroatoms. The second-order valence-electron chi connectivity index (χ2n) is 4.93. The van der Waals surface area contributed by atoms with Crippen LogP contribution in [0.25, 0.3) is 0 Å². The van der Waals surface area contributed by atoms with Gasteiger partial charge in [0.25, 0.3) is 0 Å². The first-order chi connectivity index (χ1) is 7.97. The summed E-state index contributed by atoms with van der Waals surface area (Å²) in [6.45, 7) is 2.21. The molecule has 0 saturated heterocycles. The predicted octanol–water partition coefficient (Wildman–Crippen LogP) is 1.28. The summed E-state index contributed by atoms with van der Waals surface area (Å²) in [4.78, 5) is 0.249. The molecule has 1 N–H and O–H groups in total. The molecule has 1 aliphatic rings. The minimum Gasteiger partial charge on any atom is -0.274 e. The van der Waals surface area contributed by atoms with Crippen molar-refractivity contribution in [1.29, 1.82) is 0 Å². The van der Waals surface area contributed by atoms with Gasteiger partial charge in [0, 0.05) is 19.3 Å². The summed E-state index contributed by atoms with van der Waals surface area (Å²) in [7, 11) is -1.68. The quantitative estimate of drug-likeness (QED) is 0.887. The lowest BCUT2D eigenvalue weighted by Gasteiger charge is -2.26. The molecule has 0 radical (unpaired) electrons. The third kappa shape index (κ3) is 3.07. The number of nitrogens with one attached hydrogen (secondary N) is 1. The predicted molar refractivity (Wildman–Crippen MR) is 64.9 cm³/mol. The van der Waals surface area contributed by atoms with Crippen molar-refractivity contribution in [3.8, 4) is 0 Å². The number of hydrogen-bond acceptors (Lipinski definition) is 3. The molecule has 96 valence electrons. The van der Waals surface area contributed by atoms with E-state index in [-0.39, 0.29) is 10.9 Å². The van der Waals surface area contributed by atoms with E-state index in [0.29, 0.717) is 5.92 Å². The van der Waals surface area contributed by atoms with Crippen molar-refractivity contribution >= 4 is 10.0 Å². The number of rotatable bonds is 3. The number of nitrogens with zero attached hydrogens (tertiary/aromatic N) is 2. The van der Waals surface area contributed by atoms with Gasteiger partial charge in [-0.15, -0.1) is 0 Å². The highest BCUT2D eigenvalue weighted by Crippen LogP contribution is 2.24. The molecule has 0 bridgehead atoms. The van der Waals surface area contributed by atoms with E-state index in [9.17, 15) is 8.42 Å². The summed E-state index contributed by atoms with van der Waals surface area (Å²) < 4.78 is 28.3. The van der Waals surface area contributed by atoms with Crippen molar-refractivity contribution in [2.45, 2.75) is 43.5 Å². The second-order valence-corrected chi connectivity index (χ2v) is 6.64. The van der Waals surface area contributed by atoms with Crippen molar-refractivity contribution in [2.75, 3.05) is 0 Å². The lowest BCUT2D eigenvalue weighted by molar-refractivity contribution is 0.332. The third-order valence-electron chi connectivity index (χ3n) is 3.33. The van der Waals surface area contributed by atoms with Crippen molar-refractivity contribution in [2.24, 2.45) is 13.0 Å². The van der Waals surface area contributed by atoms with E-state index in [2.05, 4.69) is 16.7 Å². The van der Waals surface area contributed by atoms with E-state index in [1.54, 1.807) is 7.05 Å². The smallest absolute Gasteiger partial charge is 0.243 e. The lowest BCUT2D eigenvalue weighted by atomic mass is 9.88. The maximum Gasteiger partial charge on any atom is 0.243 e. The average Bonchev–Trinajstić information content (AvgIpc) is 2.69. The zero-order valence-corrected chi connectivity index (χ0v) is 11.1. The molecule has 17 heavy (non-hydrogen) atoms. The highest BCUT2D eigenvalue weighted by molar-refractivity contribution is 7.89. The van der Waals surface area contributed by atoms with Crippen molar-refractivity contribution in [1.82, 2.24) is 14.5 Å². The molecule has 0 atom stereocenters. The molecule has 0 aromatic carbocycles. The third-order valence-corrected chi connectivity index (χ3v) is 4.80. The number of aryl methyl sites for hydroxylation is 1. The van der Waals surface area contributed by atoms with Gasteiger partial charge in [0.05, 0.1) is 6.20 Å². The Balaban J connectivity index is 2.03. The molecule has 0 aliphatic heterocycles. The molecular formula is C11H19N3O2S. The summed E-state index contributed by atoms with van der Waals surface area (Å²) in [5, 5.41) is 3.89. The normalized spacial score (nSPS) is 26.0. The van der Waals surface area contributed by atoms with Gasteiger partial charge < -0.3 is 0 Å². The van der Waals surface area contributed by atoms with Crippen LogP contribution in [0.4, 0.5) is 0 Å². The Morgan fingerprint density at radius 2 is 2.00 bits per heavy atom. The molecule has 0 unspecified atom stereocenters. The number of aromatic nitrogens is 2. The van der Waals surface area contributed by atoms with Crippen molar-refractivity contribution < 1.29 is 8.42 Å². The van der Waals surface area contributed by atoms with Crippen LogP contribution in [0.3, 0.4) is 0 Å². The maximum absolute atomic E-state index is 12.0. The number of sulfonamides is 1. The molecule has 1 fully saturated rings. The van der Waals surface area contributed by atoms with E-state index < -0.39 is 10.0 Å². The van der Waals surface area contributed by atoms with Gasteiger partial charge in [-0.1, -0.05) is 6.92 Å². The van der Waals surface area contributed by atoms with E-state index in [4.69, 9.17) is 0 Å². The van der Waals surface area contributed by atoms with Crippen LogP contribution in [0, 0.1) is 5.92 Å². The van der Waals surface area contributed by atoms with Crippen LogP contribution in [0.1, 0.15) is 32.6 Å². The minimum absolute atomic E-state index is 0.0800. The topological polar surface area (TPSA) is 64.0 Å². The van der Waals surface area contributed by atoms with Gasteiger partial charge in [0.15, 0.2) is 0 Å². The average molecular weight is 257 g/mol. The molecule has 1 aromatic rings. The Morgan fingerprint density at radius 1 is 1.35 bits per heavy atom. The summed E-state index contributed by atoms with van der Waals surface area (Å²) in [6.07, 6.45) is 6.96. The molecule has 1 heterocycles. The van der Waals surface area contributed by atoms with Crippen LogP contribution in [0.15, 0.2) is 17.3 Å². The van der Waals surface area contributed by atoms with Gasteiger partial charge in [0.2, 0.25) is 10.0 Å². The van der Waals surface area contributed by atoms with E-state index in [1.165, 1.54) is 17.1 Å². The monoisotopic (exact) mass is 257 g/mol. The SMILES string of the molecule is CC1CCC(NS(=O)(=O)c2cnn(C)c2)CC1. The summed E-state index contributed by atoms with van der Waals surface area (Å²) in [5.41, 5.74) is 0. The van der Waals surface area contributed by atoms with Gasteiger partial charge in [-0.2, -0.15) is 5.10 Å². The van der Waals surface area contributed by atoms with Crippen molar-refractivity contribution in [3.63, 3.8) is 0 Å². The van der Waals surface area contributed by atoms with Crippen LogP contribution in [-0.4, -0.2) is 24.2 Å². The van der Waals surface area contributed by atoms with Gasteiger partial charge in [0.1, 0.15) is 4.90 Å². The van der Waals surface area contributed by atoms with Gasteiger partial charge in [-0.3, -0.25) is 4.68 Å². The first-order valence-electron chi connectivity index (χ1n) is 5.98. The van der Waals surface area contributed by atoms with Gasteiger partial charge in [-0.25, -0.2) is 13.1 Å². The fourth-order valence-electron chi connectivity index (χ4n) is 2.20. The largest absolute Gasteiger partial charge is 0.274 e. The molecule has 1 saturated carbocycles. The molecule has 0 spiro atoms. The van der Waals surface area contributed by atoms with Crippen LogP contribution in [0.2, 0.25) is 0 Å². The Hall–Kier alpha value is -0.880. The Kier molecular flexibility index (Phi) is 3.53. The zero-order valence-electron chi connectivity index (χ0n) is 10.3. The fourth-order valence-corrected chi connectivity index (χ4v) is 3.49. The first-order valence-corrected chi connectivity index (χ1v) is 7.46. The van der Waals surface area contributed by atoms with Crippen molar-refractivity contribution in [3.05, 3.63) is 12.4 Å². The van der Waals surface area contributed by atoms with Gasteiger partial charge in [-0.05, 0) is 31.6 Å². The van der Waals surface area contributed by atoms with Gasteiger partial charge >= 0.3 is 0 Å². The van der Waals surface area contributed by atoms with Crippen LogP contribution in [0.5, 0.6) is 0 Å². The van der Waals surface area contributed by atoms with Crippen LogP contribution in [-0.2, 0) is 17.1 Å². The molecule has 1 aromatic heterocycles. The van der Waals surface area contributed by atoms with E-state index in [1.807, 2.05) is 0 Å². The molecule has 2 rings (SSSR count). The highest BCUT2D eigenvalue weighted by Gasteiger charge is 2.24. The number of hydrogen-bond donors (Lipinski definition) is 1. The summed E-state index contributed by atoms with van der Waals surface area (Å²) in [6, 6.07) is 0.0800. The molecule has 1 aliphatic carbocycles. The maximum atomic E-state index is 12.0. The minimum atomic E-state index is -3.39. The standard InChI is InChI=1S/C11H19N3O2S/c1-9-3-5-10(6-4-9)13-17(15,16)11-7-12-14(2)8-11/h7-10,13H,3-6H2,1-2H3. The van der Waals surface area contributed by atoms with Crippen LogP contribution < -0.4 is 4.72 Å². The van der Waals surface area contributed by atoms with E-state index in [0.717, 1.165) is 25.7 Å². The zero-order chi connectivity index (χ0) is 12.5. The lowest BCUT2D eigenvalue weighted by Crippen LogP contribution is -2.37. The van der Waals surface area contributed by atoms with E-state index >= 15 is 0 Å². The Morgan fingerprint density at radius 3 is 2.53 bits per heavy atom. The summed E-state index contributed by atoms with van der Waals surface area (Å²) >= 11 is 0. The van der Waals surface area contributed by atoms with Crippen LogP contribution >= 0.6 is 0 Å². The molecular weight excluding hydrogens is 238 g/mol. The first kappa shape index (κ1) is 12.6. The Labute approximate surface area is 102 Å². The fraction of sp³-hybridized carbons (Fsp3) is 0.727. The second kappa shape index (κ2) is 4.78. The molecule has 5 nitrogen and oxygen atoms in total. The Bertz CT molecular complexity index is 473. The summed E-state index contributed by atoms with van der Waals surface area (Å²) in [5.74, 6) is 0.717. The highest BCUT2D eigenvalue weighted by atomic mass is 32.2. The molecule has 0 amide bonds.